The van der Waals surface area contributed by atoms with Gasteiger partial charge >= 0.3 is 0 Å². The predicted octanol–water partition coefficient (Wildman–Crippen LogP) is 6.38. The molecule has 2 rings (SSSR count). The summed E-state index contributed by atoms with van der Waals surface area (Å²) in [7, 11) is 0. The maximum Gasteiger partial charge on any atom is 0.237 e. The summed E-state index contributed by atoms with van der Waals surface area (Å²) < 4.78 is 0. The van der Waals surface area contributed by atoms with Crippen molar-refractivity contribution in [2.75, 3.05) is 5.32 Å². The molecule has 0 heterocycles. The van der Waals surface area contributed by atoms with E-state index in [-0.39, 0.29) is 16.9 Å². The standard InChI is InChI=1S/C21H23Cl2NO2S/c1-11-9-12(2)19(14(4)25)13(3)16(11)10-27-15(5)21(26)24-20-17(22)7-6-8-18(20)23/h6-9,15H,10H2,1-5H3,(H,24,26). The van der Waals surface area contributed by atoms with Crippen LogP contribution >= 0.6 is 35.0 Å². The number of ketones is 1. The Labute approximate surface area is 174 Å². The first kappa shape index (κ1) is 21.8. The van der Waals surface area contributed by atoms with E-state index in [4.69, 9.17) is 23.2 Å². The highest BCUT2D eigenvalue weighted by Gasteiger charge is 2.19. The molecule has 1 unspecified atom stereocenters. The van der Waals surface area contributed by atoms with Gasteiger partial charge in [0, 0.05) is 11.3 Å². The lowest BCUT2D eigenvalue weighted by molar-refractivity contribution is -0.115. The Kier molecular flexibility index (Phi) is 7.38. The lowest BCUT2D eigenvalue weighted by Gasteiger charge is -2.18. The van der Waals surface area contributed by atoms with Crippen LogP contribution < -0.4 is 5.32 Å². The van der Waals surface area contributed by atoms with E-state index in [9.17, 15) is 9.59 Å². The van der Waals surface area contributed by atoms with E-state index in [1.165, 1.54) is 11.8 Å². The number of halogens is 2. The number of hydrogen-bond donors (Lipinski definition) is 1. The second kappa shape index (κ2) is 9.13. The summed E-state index contributed by atoms with van der Waals surface area (Å²) in [6.45, 7) is 9.40. The van der Waals surface area contributed by atoms with Crippen LogP contribution in [0.1, 0.15) is 46.5 Å². The Bertz CT molecular complexity index is 876. The molecule has 0 aliphatic rings. The summed E-state index contributed by atoms with van der Waals surface area (Å²) in [6, 6.07) is 7.13. The number of benzene rings is 2. The number of aryl methyl sites for hydroxylation is 2. The van der Waals surface area contributed by atoms with E-state index < -0.39 is 0 Å². The molecule has 0 radical (unpaired) electrons. The molecule has 3 nitrogen and oxygen atoms in total. The van der Waals surface area contributed by atoms with Gasteiger partial charge in [-0.1, -0.05) is 35.3 Å². The van der Waals surface area contributed by atoms with Gasteiger partial charge in [0.2, 0.25) is 5.91 Å². The van der Waals surface area contributed by atoms with Gasteiger partial charge in [-0.15, -0.1) is 11.8 Å². The van der Waals surface area contributed by atoms with E-state index in [0.29, 0.717) is 21.5 Å². The van der Waals surface area contributed by atoms with Crippen molar-refractivity contribution in [1.82, 2.24) is 0 Å². The molecule has 0 fully saturated rings. The number of para-hydroxylation sites is 1. The molecule has 2 aromatic carbocycles. The second-order valence-electron chi connectivity index (χ2n) is 6.58. The van der Waals surface area contributed by atoms with Gasteiger partial charge in [0.05, 0.1) is 21.0 Å². The Morgan fingerprint density at radius 1 is 1.11 bits per heavy atom. The summed E-state index contributed by atoms with van der Waals surface area (Å²) in [5.41, 5.74) is 5.42. The molecule has 0 saturated heterocycles. The molecule has 0 saturated carbocycles. The number of nitrogens with one attached hydrogen (secondary N) is 1. The second-order valence-corrected chi connectivity index (χ2v) is 8.73. The predicted molar refractivity (Wildman–Crippen MR) is 117 cm³/mol. The summed E-state index contributed by atoms with van der Waals surface area (Å²) in [4.78, 5) is 24.5. The van der Waals surface area contributed by atoms with E-state index in [1.807, 2.05) is 33.8 Å². The van der Waals surface area contributed by atoms with Crippen molar-refractivity contribution in [3.8, 4) is 0 Å². The van der Waals surface area contributed by atoms with Gasteiger partial charge in [-0.2, -0.15) is 0 Å². The van der Waals surface area contributed by atoms with Gasteiger partial charge in [-0.25, -0.2) is 0 Å². The Balaban J connectivity index is 2.14. The van der Waals surface area contributed by atoms with Crippen LogP contribution in [0.25, 0.3) is 0 Å². The first-order valence-electron chi connectivity index (χ1n) is 8.60. The van der Waals surface area contributed by atoms with Crippen LogP contribution in [0.2, 0.25) is 10.0 Å². The molecule has 0 aromatic heterocycles. The smallest absolute Gasteiger partial charge is 0.237 e. The largest absolute Gasteiger partial charge is 0.323 e. The van der Waals surface area contributed by atoms with Crippen LogP contribution in [-0.4, -0.2) is 16.9 Å². The average molecular weight is 424 g/mol. The first-order valence-corrected chi connectivity index (χ1v) is 10.4. The van der Waals surface area contributed by atoms with E-state index >= 15 is 0 Å². The van der Waals surface area contributed by atoms with Crippen molar-refractivity contribution in [3.05, 3.63) is 62.1 Å². The molecular formula is C21H23Cl2NO2S. The molecule has 2 aromatic rings. The van der Waals surface area contributed by atoms with Crippen LogP contribution in [0.5, 0.6) is 0 Å². The molecule has 144 valence electrons. The highest BCUT2D eigenvalue weighted by molar-refractivity contribution is 7.99. The van der Waals surface area contributed by atoms with Crippen LogP contribution in [-0.2, 0) is 10.5 Å². The Morgan fingerprint density at radius 3 is 2.26 bits per heavy atom. The fourth-order valence-electron chi connectivity index (χ4n) is 3.12. The summed E-state index contributed by atoms with van der Waals surface area (Å²) in [5, 5.41) is 3.31. The number of hydrogen-bond acceptors (Lipinski definition) is 3. The van der Waals surface area contributed by atoms with Gasteiger partial charge in [-0.05, 0) is 69.0 Å². The number of Topliss-reactive ketones (excluding diaryl/α,β-unsaturated/α-hetero) is 1. The molecule has 1 atom stereocenters. The molecule has 0 aliphatic heterocycles. The Hall–Kier alpha value is -1.49. The van der Waals surface area contributed by atoms with Gasteiger partial charge in [0.1, 0.15) is 0 Å². The SMILES string of the molecule is CC(=O)c1c(C)cc(C)c(CSC(C)C(=O)Nc2c(Cl)cccc2Cl)c1C. The van der Waals surface area contributed by atoms with Crippen molar-refractivity contribution in [1.29, 1.82) is 0 Å². The molecular weight excluding hydrogens is 401 g/mol. The summed E-state index contributed by atoms with van der Waals surface area (Å²) >= 11 is 13.7. The van der Waals surface area contributed by atoms with Crippen LogP contribution in [0.15, 0.2) is 24.3 Å². The molecule has 0 bridgehead atoms. The van der Waals surface area contributed by atoms with E-state index in [0.717, 1.165) is 27.8 Å². The van der Waals surface area contributed by atoms with Crippen molar-refractivity contribution >= 4 is 52.3 Å². The number of amides is 1. The number of rotatable bonds is 6. The van der Waals surface area contributed by atoms with Gasteiger partial charge in [0.25, 0.3) is 0 Å². The van der Waals surface area contributed by atoms with Gasteiger partial charge in [0.15, 0.2) is 5.78 Å². The van der Waals surface area contributed by atoms with Crippen LogP contribution in [0.4, 0.5) is 5.69 Å². The minimum Gasteiger partial charge on any atom is -0.323 e. The lowest BCUT2D eigenvalue weighted by atomic mass is 9.92. The third kappa shape index (κ3) is 5.07. The quantitative estimate of drug-likeness (QED) is 0.547. The minimum atomic E-state index is -0.307. The van der Waals surface area contributed by atoms with Crippen molar-refractivity contribution in [3.63, 3.8) is 0 Å². The van der Waals surface area contributed by atoms with Gasteiger partial charge < -0.3 is 5.32 Å². The topological polar surface area (TPSA) is 46.2 Å². The zero-order valence-corrected chi connectivity index (χ0v) is 18.4. The third-order valence-corrected chi connectivity index (χ3v) is 6.34. The number of thioether (sulfide) groups is 1. The van der Waals surface area contributed by atoms with Crippen molar-refractivity contribution < 1.29 is 9.59 Å². The average Bonchev–Trinajstić information content (AvgIpc) is 2.56. The van der Waals surface area contributed by atoms with E-state index in [1.54, 1.807) is 25.1 Å². The monoisotopic (exact) mass is 423 g/mol. The van der Waals surface area contributed by atoms with Crippen LogP contribution in [0, 0.1) is 20.8 Å². The zero-order chi connectivity index (χ0) is 20.3. The summed E-state index contributed by atoms with van der Waals surface area (Å²) in [5.74, 6) is 0.544. The van der Waals surface area contributed by atoms with Crippen molar-refractivity contribution in [2.45, 2.75) is 45.6 Å². The summed E-state index contributed by atoms with van der Waals surface area (Å²) in [6.07, 6.45) is 0. The maximum absolute atomic E-state index is 12.5. The highest BCUT2D eigenvalue weighted by atomic mass is 35.5. The van der Waals surface area contributed by atoms with Crippen molar-refractivity contribution in [2.24, 2.45) is 0 Å². The fraction of sp³-hybridized carbons (Fsp3) is 0.333. The van der Waals surface area contributed by atoms with Gasteiger partial charge in [-0.3, -0.25) is 9.59 Å². The molecule has 0 spiro atoms. The lowest BCUT2D eigenvalue weighted by Crippen LogP contribution is -2.23. The molecule has 0 aliphatic carbocycles. The fourth-order valence-corrected chi connectivity index (χ4v) is 4.68. The minimum absolute atomic E-state index is 0.0652. The molecule has 1 amide bonds. The zero-order valence-electron chi connectivity index (χ0n) is 16.1. The van der Waals surface area contributed by atoms with E-state index in [2.05, 4.69) is 5.32 Å². The maximum atomic E-state index is 12.5. The highest BCUT2D eigenvalue weighted by Crippen LogP contribution is 2.32. The number of carbonyl (C=O) groups excluding carboxylic acids is 2. The Morgan fingerprint density at radius 2 is 1.70 bits per heavy atom. The normalized spacial score (nSPS) is 12.0. The third-order valence-electron chi connectivity index (χ3n) is 4.54. The molecule has 1 N–H and O–H groups in total. The number of carbonyl (C=O) groups is 2. The molecule has 6 heteroatoms. The number of anilines is 1. The first-order chi connectivity index (χ1) is 12.6. The molecule has 27 heavy (non-hydrogen) atoms. The van der Waals surface area contributed by atoms with Crippen LogP contribution in [0.3, 0.4) is 0 Å².